The number of rotatable bonds is 2. The van der Waals surface area contributed by atoms with E-state index in [1.807, 2.05) is 0 Å². The van der Waals surface area contributed by atoms with E-state index in [9.17, 15) is 4.79 Å². The second-order valence-corrected chi connectivity index (χ2v) is 8.16. The molecular weight excluding hydrogens is 272 g/mol. The highest BCUT2D eigenvalue weighted by molar-refractivity contribution is 5.85. The van der Waals surface area contributed by atoms with Crippen LogP contribution in [0.5, 0.6) is 0 Å². The number of piperidine rings is 1. The first-order valence-electron chi connectivity index (χ1n) is 7.79. The van der Waals surface area contributed by atoms with Gasteiger partial charge in [-0.05, 0) is 49.5 Å². The summed E-state index contributed by atoms with van der Waals surface area (Å²) in [6.45, 7) is 11.2. The third kappa shape index (κ3) is 4.92. The Morgan fingerprint density at radius 2 is 1.75 bits per heavy atom. The fourth-order valence-electron chi connectivity index (χ4n) is 4.34. The van der Waals surface area contributed by atoms with Crippen molar-refractivity contribution >= 4 is 18.3 Å². The molecule has 1 heterocycles. The molecule has 118 valence electrons. The van der Waals surface area contributed by atoms with Gasteiger partial charge >= 0.3 is 0 Å². The van der Waals surface area contributed by atoms with Gasteiger partial charge in [0.05, 0.1) is 5.92 Å². The number of halogens is 1. The summed E-state index contributed by atoms with van der Waals surface area (Å²) in [4.78, 5) is 12.3. The second-order valence-electron chi connectivity index (χ2n) is 8.16. The Kier molecular flexibility index (Phi) is 5.91. The number of carbonyl (C=O) groups excluding carboxylic acids is 1. The zero-order valence-electron chi connectivity index (χ0n) is 13.4. The SMILES string of the molecule is CC1(C)CC(NC(=O)[C@@H]2CCCNC2)CC(C)(C)C1.Cl. The molecule has 2 aliphatic rings. The first-order chi connectivity index (χ1) is 8.77. The molecule has 0 bridgehead atoms. The van der Waals surface area contributed by atoms with Crippen LogP contribution in [0, 0.1) is 16.7 Å². The zero-order valence-corrected chi connectivity index (χ0v) is 14.2. The van der Waals surface area contributed by atoms with E-state index < -0.39 is 0 Å². The van der Waals surface area contributed by atoms with Crippen LogP contribution in [0.25, 0.3) is 0 Å². The summed E-state index contributed by atoms with van der Waals surface area (Å²) in [6.07, 6.45) is 5.64. The van der Waals surface area contributed by atoms with Gasteiger partial charge in [-0.1, -0.05) is 27.7 Å². The van der Waals surface area contributed by atoms with Crippen molar-refractivity contribution in [1.29, 1.82) is 0 Å². The summed E-state index contributed by atoms with van der Waals surface area (Å²) in [5.74, 6) is 0.451. The molecule has 1 aliphatic carbocycles. The lowest BCUT2D eigenvalue weighted by Gasteiger charge is -2.45. The Morgan fingerprint density at radius 1 is 1.15 bits per heavy atom. The molecule has 1 saturated carbocycles. The summed E-state index contributed by atoms with van der Waals surface area (Å²) in [7, 11) is 0. The van der Waals surface area contributed by atoms with Crippen molar-refractivity contribution in [3.05, 3.63) is 0 Å². The molecule has 20 heavy (non-hydrogen) atoms. The number of amides is 1. The Hall–Kier alpha value is -0.280. The highest BCUT2D eigenvalue weighted by Crippen LogP contribution is 2.45. The molecule has 0 unspecified atom stereocenters. The molecule has 1 atom stereocenters. The minimum absolute atomic E-state index is 0. The van der Waals surface area contributed by atoms with E-state index in [-0.39, 0.29) is 24.2 Å². The molecule has 2 N–H and O–H groups in total. The van der Waals surface area contributed by atoms with Crippen molar-refractivity contribution in [3.8, 4) is 0 Å². The molecule has 0 spiro atoms. The van der Waals surface area contributed by atoms with Crippen LogP contribution in [0.3, 0.4) is 0 Å². The maximum absolute atomic E-state index is 12.3. The van der Waals surface area contributed by atoms with E-state index in [1.165, 1.54) is 6.42 Å². The summed E-state index contributed by atoms with van der Waals surface area (Å²) < 4.78 is 0. The van der Waals surface area contributed by atoms with Crippen molar-refractivity contribution in [2.45, 2.75) is 65.8 Å². The highest BCUT2D eigenvalue weighted by Gasteiger charge is 2.39. The first kappa shape index (κ1) is 17.8. The standard InChI is InChI=1S/C16H30N2O.ClH/c1-15(2)8-13(9-16(3,4)11-15)18-14(19)12-6-5-7-17-10-12;/h12-13,17H,5-11H2,1-4H3,(H,18,19);1H/t12-;/m1./s1. The van der Waals surface area contributed by atoms with E-state index in [1.54, 1.807) is 0 Å². The van der Waals surface area contributed by atoms with Gasteiger partial charge in [-0.3, -0.25) is 4.79 Å². The van der Waals surface area contributed by atoms with Gasteiger partial charge in [-0.25, -0.2) is 0 Å². The third-order valence-electron chi connectivity index (χ3n) is 4.57. The summed E-state index contributed by atoms with van der Waals surface area (Å²) in [5, 5.41) is 6.65. The summed E-state index contributed by atoms with van der Waals surface area (Å²) >= 11 is 0. The molecule has 2 fully saturated rings. The monoisotopic (exact) mass is 302 g/mol. The maximum atomic E-state index is 12.3. The molecule has 3 nitrogen and oxygen atoms in total. The summed E-state index contributed by atoms with van der Waals surface area (Å²) in [6, 6.07) is 0.355. The highest BCUT2D eigenvalue weighted by atomic mass is 35.5. The topological polar surface area (TPSA) is 41.1 Å². The molecule has 4 heteroatoms. The molecule has 1 saturated heterocycles. The van der Waals surface area contributed by atoms with Gasteiger partial charge in [-0.15, -0.1) is 12.4 Å². The lowest BCUT2D eigenvalue weighted by molar-refractivity contribution is -0.127. The van der Waals surface area contributed by atoms with E-state index in [2.05, 4.69) is 38.3 Å². The predicted octanol–water partition coefficient (Wildman–Crippen LogP) is 3.13. The van der Waals surface area contributed by atoms with E-state index >= 15 is 0 Å². The van der Waals surface area contributed by atoms with E-state index in [0.717, 1.165) is 38.8 Å². The zero-order chi connectivity index (χ0) is 14.1. The second kappa shape index (κ2) is 6.65. The average Bonchev–Trinajstić information content (AvgIpc) is 2.25. The van der Waals surface area contributed by atoms with Gasteiger partial charge in [0, 0.05) is 12.6 Å². The van der Waals surface area contributed by atoms with Gasteiger partial charge in [0.15, 0.2) is 0 Å². The molecule has 1 amide bonds. The molecule has 1 aliphatic heterocycles. The Balaban J connectivity index is 0.00000200. The van der Waals surface area contributed by atoms with Gasteiger partial charge in [0.1, 0.15) is 0 Å². The van der Waals surface area contributed by atoms with Crippen LogP contribution in [0.1, 0.15) is 59.8 Å². The van der Waals surface area contributed by atoms with Crippen molar-refractivity contribution in [3.63, 3.8) is 0 Å². The Bertz CT molecular complexity index is 319. The number of hydrogen-bond donors (Lipinski definition) is 2. The van der Waals surface area contributed by atoms with Crippen LogP contribution < -0.4 is 10.6 Å². The van der Waals surface area contributed by atoms with Crippen molar-refractivity contribution in [1.82, 2.24) is 10.6 Å². The van der Waals surface area contributed by atoms with Crippen LogP contribution in [-0.4, -0.2) is 25.0 Å². The van der Waals surface area contributed by atoms with Crippen LogP contribution in [0.15, 0.2) is 0 Å². The van der Waals surface area contributed by atoms with Gasteiger partial charge in [0.25, 0.3) is 0 Å². The molecule has 0 radical (unpaired) electrons. The minimum Gasteiger partial charge on any atom is -0.353 e. The van der Waals surface area contributed by atoms with Gasteiger partial charge in [0.2, 0.25) is 5.91 Å². The van der Waals surface area contributed by atoms with Crippen LogP contribution in [0.4, 0.5) is 0 Å². The van der Waals surface area contributed by atoms with Crippen LogP contribution >= 0.6 is 12.4 Å². The smallest absolute Gasteiger partial charge is 0.224 e. The third-order valence-corrected chi connectivity index (χ3v) is 4.57. The molecule has 0 aromatic rings. The summed E-state index contributed by atoms with van der Waals surface area (Å²) in [5.41, 5.74) is 0.676. The normalized spacial score (nSPS) is 29.3. The Labute approximate surface area is 130 Å². The number of carbonyl (C=O) groups is 1. The number of hydrogen-bond acceptors (Lipinski definition) is 2. The fraction of sp³-hybridized carbons (Fsp3) is 0.938. The lowest BCUT2D eigenvalue weighted by Crippen LogP contribution is -2.49. The first-order valence-corrected chi connectivity index (χ1v) is 7.79. The predicted molar refractivity (Wildman–Crippen MR) is 86.2 cm³/mol. The van der Waals surface area contributed by atoms with Gasteiger partial charge < -0.3 is 10.6 Å². The largest absolute Gasteiger partial charge is 0.353 e. The van der Waals surface area contributed by atoms with Crippen molar-refractivity contribution < 1.29 is 4.79 Å². The van der Waals surface area contributed by atoms with E-state index in [4.69, 9.17) is 0 Å². The van der Waals surface area contributed by atoms with Gasteiger partial charge in [-0.2, -0.15) is 0 Å². The fourth-order valence-corrected chi connectivity index (χ4v) is 4.34. The lowest BCUT2D eigenvalue weighted by atomic mass is 9.63. The quantitative estimate of drug-likeness (QED) is 0.823. The number of nitrogens with one attached hydrogen (secondary N) is 2. The molecule has 2 rings (SSSR count). The van der Waals surface area contributed by atoms with E-state index in [0.29, 0.717) is 16.9 Å². The molecular formula is C16H31ClN2O. The molecule has 0 aromatic heterocycles. The maximum Gasteiger partial charge on any atom is 0.224 e. The average molecular weight is 303 g/mol. The minimum atomic E-state index is 0. The van der Waals surface area contributed by atoms with Crippen LogP contribution in [-0.2, 0) is 4.79 Å². The van der Waals surface area contributed by atoms with Crippen LogP contribution in [0.2, 0.25) is 0 Å². The Morgan fingerprint density at radius 3 is 2.25 bits per heavy atom. The van der Waals surface area contributed by atoms with Crippen molar-refractivity contribution in [2.24, 2.45) is 16.7 Å². The molecule has 0 aromatic carbocycles. The van der Waals surface area contributed by atoms with Crippen molar-refractivity contribution in [2.75, 3.05) is 13.1 Å².